The third-order valence-corrected chi connectivity index (χ3v) is 2.12. The smallest absolute Gasteiger partial charge is 0.258 e. The summed E-state index contributed by atoms with van der Waals surface area (Å²) in [5.74, 6) is -0.233. The molecule has 0 aliphatic carbocycles. The van der Waals surface area contributed by atoms with Crippen molar-refractivity contribution in [3.8, 4) is 5.75 Å². The SMILES string of the molecule is C=CCN(CC=C)C(=O)c1ccccc1O. The Morgan fingerprint density at radius 1 is 1.25 bits per heavy atom. The Bertz CT molecular complexity index is 389. The fourth-order valence-corrected chi connectivity index (χ4v) is 1.38. The number of hydrogen-bond acceptors (Lipinski definition) is 2. The molecular weight excluding hydrogens is 202 g/mol. The molecule has 0 unspecified atom stereocenters. The molecule has 0 aliphatic rings. The third-order valence-electron chi connectivity index (χ3n) is 2.12. The highest BCUT2D eigenvalue weighted by Crippen LogP contribution is 2.17. The maximum absolute atomic E-state index is 12.0. The minimum absolute atomic E-state index is 0.00868. The topological polar surface area (TPSA) is 40.5 Å². The van der Waals surface area contributed by atoms with Gasteiger partial charge in [-0.1, -0.05) is 24.3 Å². The van der Waals surface area contributed by atoms with Crippen LogP contribution in [0.25, 0.3) is 0 Å². The van der Waals surface area contributed by atoms with Crippen molar-refractivity contribution in [1.82, 2.24) is 4.90 Å². The average Bonchev–Trinajstić information content (AvgIpc) is 2.28. The summed E-state index contributed by atoms with van der Waals surface area (Å²) in [7, 11) is 0. The highest BCUT2D eigenvalue weighted by Gasteiger charge is 2.16. The summed E-state index contributed by atoms with van der Waals surface area (Å²) < 4.78 is 0. The van der Waals surface area contributed by atoms with Gasteiger partial charge in [-0.2, -0.15) is 0 Å². The van der Waals surface area contributed by atoms with Gasteiger partial charge in [0.2, 0.25) is 0 Å². The van der Waals surface area contributed by atoms with Crippen LogP contribution in [-0.4, -0.2) is 29.0 Å². The van der Waals surface area contributed by atoms with Crippen molar-refractivity contribution in [3.05, 3.63) is 55.1 Å². The van der Waals surface area contributed by atoms with Gasteiger partial charge in [-0.15, -0.1) is 13.2 Å². The average molecular weight is 217 g/mol. The van der Waals surface area contributed by atoms with Crippen LogP contribution in [0.5, 0.6) is 5.75 Å². The molecule has 0 radical (unpaired) electrons. The Morgan fingerprint density at radius 2 is 1.81 bits per heavy atom. The van der Waals surface area contributed by atoms with E-state index >= 15 is 0 Å². The van der Waals surface area contributed by atoms with Crippen molar-refractivity contribution in [3.63, 3.8) is 0 Å². The van der Waals surface area contributed by atoms with Crippen LogP contribution in [-0.2, 0) is 0 Å². The lowest BCUT2D eigenvalue weighted by Gasteiger charge is -2.19. The predicted octanol–water partition coefficient (Wildman–Crippen LogP) is 2.21. The normalized spacial score (nSPS) is 9.50. The van der Waals surface area contributed by atoms with Gasteiger partial charge in [0.15, 0.2) is 0 Å². The van der Waals surface area contributed by atoms with Gasteiger partial charge in [0.25, 0.3) is 5.91 Å². The Hall–Kier alpha value is -2.03. The number of carbonyl (C=O) groups excluding carboxylic acids is 1. The zero-order valence-corrected chi connectivity index (χ0v) is 9.10. The molecule has 0 aliphatic heterocycles. The first kappa shape index (κ1) is 12.0. The van der Waals surface area contributed by atoms with Gasteiger partial charge >= 0.3 is 0 Å². The molecule has 1 amide bonds. The van der Waals surface area contributed by atoms with E-state index in [9.17, 15) is 9.90 Å². The molecule has 0 saturated heterocycles. The zero-order chi connectivity index (χ0) is 12.0. The summed E-state index contributed by atoms with van der Waals surface area (Å²) in [6.45, 7) is 8.04. The molecule has 1 N–H and O–H groups in total. The quantitative estimate of drug-likeness (QED) is 0.768. The second-order valence-corrected chi connectivity index (χ2v) is 3.30. The van der Waals surface area contributed by atoms with Gasteiger partial charge in [-0.25, -0.2) is 0 Å². The van der Waals surface area contributed by atoms with Crippen LogP contribution in [0.3, 0.4) is 0 Å². The molecule has 0 heterocycles. The van der Waals surface area contributed by atoms with Crippen LogP contribution >= 0.6 is 0 Å². The van der Waals surface area contributed by atoms with Crippen LogP contribution in [0.4, 0.5) is 0 Å². The lowest BCUT2D eigenvalue weighted by molar-refractivity contribution is 0.0788. The number of benzene rings is 1. The fourth-order valence-electron chi connectivity index (χ4n) is 1.38. The van der Waals surface area contributed by atoms with Crippen LogP contribution in [0.15, 0.2) is 49.6 Å². The summed E-state index contributed by atoms with van der Waals surface area (Å²) in [6.07, 6.45) is 3.28. The van der Waals surface area contributed by atoms with Crippen LogP contribution in [0.2, 0.25) is 0 Å². The molecule has 0 saturated carbocycles. The molecule has 0 aromatic heterocycles. The minimum Gasteiger partial charge on any atom is -0.507 e. The van der Waals surface area contributed by atoms with Crippen molar-refractivity contribution in [1.29, 1.82) is 0 Å². The van der Waals surface area contributed by atoms with Crippen molar-refractivity contribution >= 4 is 5.91 Å². The van der Waals surface area contributed by atoms with Crippen LogP contribution in [0.1, 0.15) is 10.4 Å². The summed E-state index contributed by atoms with van der Waals surface area (Å²) in [4.78, 5) is 13.6. The molecule has 1 rings (SSSR count). The Balaban J connectivity index is 2.94. The first-order chi connectivity index (χ1) is 7.70. The first-order valence-electron chi connectivity index (χ1n) is 4.99. The molecule has 3 heteroatoms. The largest absolute Gasteiger partial charge is 0.507 e. The Kier molecular flexibility index (Phi) is 4.33. The highest BCUT2D eigenvalue weighted by molar-refractivity contribution is 5.96. The lowest BCUT2D eigenvalue weighted by Crippen LogP contribution is -2.31. The van der Waals surface area contributed by atoms with Crippen molar-refractivity contribution < 1.29 is 9.90 Å². The molecule has 0 atom stereocenters. The van der Waals surface area contributed by atoms with Crippen LogP contribution in [0, 0.1) is 0 Å². The monoisotopic (exact) mass is 217 g/mol. The van der Waals surface area contributed by atoms with E-state index in [0.29, 0.717) is 18.7 Å². The van der Waals surface area contributed by atoms with E-state index in [2.05, 4.69) is 13.2 Å². The van der Waals surface area contributed by atoms with E-state index in [4.69, 9.17) is 0 Å². The highest BCUT2D eigenvalue weighted by atomic mass is 16.3. The maximum atomic E-state index is 12.0. The Labute approximate surface area is 95.3 Å². The number of rotatable bonds is 5. The number of nitrogens with zero attached hydrogens (tertiary/aromatic N) is 1. The number of phenols is 1. The molecule has 16 heavy (non-hydrogen) atoms. The number of amides is 1. The van der Waals surface area contributed by atoms with Gasteiger partial charge in [-0.3, -0.25) is 4.79 Å². The maximum Gasteiger partial charge on any atom is 0.258 e. The van der Waals surface area contributed by atoms with E-state index in [-0.39, 0.29) is 11.7 Å². The third kappa shape index (κ3) is 2.73. The number of aromatic hydroxyl groups is 1. The van der Waals surface area contributed by atoms with E-state index in [1.807, 2.05) is 0 Å². The first-order valence-corrected chi connectivity index (χ1v) is 4.99. The van der Waals surface area contributed by atoms with Gasteiger partial charge in [-0.05, 0) is 12.1 Å². The van der Waals surface area contributed by atoms with Gasteiger partial charge in [0, 0.05) is 13.1 Å². The minimum atomic E-state index is -0.224. The summed E-state index contributed by atoms with van der Waals surface area (Å²) in [5.41, 5.74) is 0.297. The molecule has 84 valence electrons. The summed E-state index contributed by atoms with van der Waals surface area (Å²) >= 11 is 0. The predicted molar refractivity (Wildman–Crippen MR) is 64.4 cm³/mol. The molecule has 0 spiro atoms. The summed E-state index contributed by atoms with van der Waals surface area (Å²) in [6, 6.07) is 6.48. The van der Waals surface area contributed by atoms with E-state index in [0.717, 1.165) is 0 Å². The van der Waals surface area contributed by atoms with Gasteiger partial charge < -0.3 is 10.0 Å². The van der Waals surface area contributed by atoms with Crippen molar-refractivity contribution in [2.45, 2.75) is 0 Å². The van der Waals surface area contributed by atoms with Gasteiger partial charge in [0.1, 0.15) is 5.75 Å². The molecular formula is C13H15NO2. The van der Waals surface area contributed by atoms with Gasteiger partial charge in [0.05, 0.1) is 5.56 Å². The zero-order valence-electron chi connectivity index (χ0n) is 9.10. The number of para-hydroxylation sites is 1. The summed E-state index contributed by atoms with van der Waals surface area (Å²) in [5, 5.41) is 9.57. The molecule has 1 aromatic carbocycles. The molecule has 3 nitrogen and oxygen atoms in total. The Morgan fingerprint density at radius 3 is 2.31 bits per heavy atom. The molecule has 0 fully saturated rings. The molecule has 1 aromatic rings. The fraction of sp³-hybridized carbons (Fsp3) is 0.154. The van der Waals surface area contributed by atoms with Crippen LogP contribution < -0.4 is 0 Å². The lowest BCUT2D eigenvalue weighted by atomic mass is 10.1. The second kappa shape index (κ2) is 5.75. The van der Waals surface area contributed by atoms with E-state index in [1.54, 1.807) is 35.3 Å². The van der Waals surface area contributed by atoms with Crippen molar-refractivity contribution in [2.24, 2.45) is 0 Å². The second-order valence-electron chi connectivity index (χ2n) is 3.30. The number of carbonyl (C=O) groups is 1. The molecule has 0 bridgehead atoms. The standard InChI is InChI=1S/C13H15NO2/c1-3-9-14(10-4-2)13(16)11-7-5-6-8-12(11)15/h3-8,15H,1-2,9-10H2. The van der Waals surface area contributed by atoms with E-state index in [1.165, 1.54) is 6.07 Å². The number of phenolic OH excluding ortho intramolecular Hbond substituents is 1. The number of hydrogen-bond donors (Lipinski definition) is 1. The van der Waals surface area contributed by atoms with E-state index < -0.39 is 0 Å². The van der Waals surface area contributed by atoms with Crippen molar-refractivity contribution in [2.75, 3.05) is 13.1 Å².